The maximum Gasteiger partial charge on any atom is 0.0778 e. The average molecular weight is 159 g/mol. The van der Waals surface area contributed by atoms with Crippen molar-refractivity contribution in [2.75, 3.05) is 13.1 Å². The molecule has 0 heterocycles. The van der Waals surface area contributed by atoms with Crippen molar-refractivity contribution in [2.24, 2.45) is 0 Å². The summed E-state index contributed by atoms with van der Waals surface area (Å²) in [4.78, 5) is 3.35. The second-order valence-corrected chi connectivity index (χ2v) is 2.79. The van der Waals surface area contributed by atoms with E-state index in [-0.39, 0.29) is 0 Å². The fraction of sp³-hybridized carbons (Fsp3) is 0.875. The molecule has 60 valence electrons. The first-order valence-electron chi connectivity index (χ1n) is 4.04. The van der Waals surface area contributed by atoms with Crippen LogP contribution in [0.25, 0.3) is 0 Å². The molecule has 10 heavy (non-hydrogen) atoms. The summed E-state index contributed by atoms with van der Waals surface area (Å²) in [6.07, 6.45) is 2.23. The fourth-order valence-electron chi connectivity index (χ4n) is 0.948. The van der Waals surface area contributed by atoms with Crippen LogP contribution in [0.1, 0.15) is 33.6 Å². The van der Waals surface area contributed by atoms with Crippen molar-refractivity contribution < 1.29 is 0 Å². The summed E-state index contributed by atoms with van der Waals surface area (Å²) < 4.78 is 0. The van der Waals surface area contributed by atoms with Gasteiger partial charge in [-0.1, -0.05) is 19.1 Å². The highest BCUT2D eigenvalue weighted by Gasteiger charge is 2.01. The zero-order valence-electron chi connectivity index (χ0n) is 7.18. The number of nitrogens with zero attached hydrogens (tertiary/aromatic N) is 1. The van der Waals surface area contributed by atoms with E-state index >= 15 is 0 Å². The molecule has 0 radical (unpaired) electrons. The summed E-state index contributed by atoms with van der Waals surface area (Å²) in [5, 5.41) is 0. The second-order valence-electron chi connectivity index (χ2n) is 2.32. The van der Waals surface area contributed by atoms with Crippen LogP contribution in [0.5, 0.6) is 0 Å². The minimum absolute atomic E-state index is 1.05. The summed E-state index contributed by atoms with van der Waals surface area (Å²) in [7, 11) is 0. The highest BCUT2D eigenvalue weighted by Crippen LogP contribution is 1.98. The van der Waals surface area contributed by atoms with E-state index in [2.05, 4.69) is 25.7 Å². The molecule has 0 saturated heterocycles. The number of rotatable bonds is 4. The fourth-order valence-corrected chi connectivity index (χ4v) is 1.41. The van der Waals surface area contributed by atoms with Gasteiger partial charge in [0.05, 0.1) is 4.99 Å². The van der Waals surface area contributed by atoms with E-state index in [0.717, 1.165) is 30.9 Å². The second kappa shape index (κ2) is 5.66. The van der Waals surface area contributed by atoms with Crippen LogP contribution in [0.2, 0.25) is 0 Å². The first kappa shape index (κ1) is 9.89. The third kappa shape index (κ3) is 3.16. The number of hydrogen-bond acceptors (Lipinski definition) is 1. The van der Waals surface area contributed by atoms with Gasteiger partial charge in [-0.3, -0.25) is 0 Å². The van der Waals surface area contributed by atoms with Gasteiger partial charge in [0.2, 0.25) is 0 Å². The Morgan fingerprint density at radius 1 is 1.20 bits per heavy atom. The lowest BCUT2D eigenvalue weighted by molar-refractivity contribution is 0.463. The van der Waals surface area contributed by atoms with Gasteiger partial charge in [0.15, 0.2) is 0 Å². The zero-order chi connectivity index (χ0) is 7.98. The lowest BCUT2D eigenvalue weighted by Gasteiger charge is -2.20. The molecular formula is C8H17NS. The Kier molecular flexibility index (Phi) is 5.60. The third-order valence-corrected chi connectivity index (χ3v) is 2.04. The minimum atomic E-state index is 1.05. The normalized spacial score (nSPS) is 9.50. The molecule has 0 aromatic rings. The smallest absolute Gasteiger partial charge is 0.0778 e. The van der Waals surface area contributed by atoms with E-state index in [1.165, 1.54) is 0 Å². The van der Waals surface area contributed by atoms with Crippen molar-refractivity contribution in [3.63, 3.8) is 0 Å². The molecule has 1 nitrogen and oxygen atoms in total. The molecular weight excluding hydrogens is 142 g/mol. The van der Waals surface area contributed by atoms with E-state index in [9.17, 15) is 0 Å². The lowest BCUT2D eigenvalue weighted by Crippen LogP contribution is -2.28. The number of hydrogen-bond donors (Lipinski definition) is 0. The van der Waals surface area contributed by atoms with Crippen LogP contribution in [0, 0.1) is 0 Å². The Morgan fingerprint density at radius 3 is 2.00 bits per heavy atom. The molecule has 0 aromatic heterocycles. The first-order chi connectivity index (χ1) is 4.76. The molecule has 0 aliphatic carbocycles. The van der Waals surface area contributed by atoms with Crippen LogP contribution in [-0.2, 0) is 0 Å². The average Bonchev–Trinajstić information content (AvgIpc) is 1.91. The zero-order valence-corrected chi connectivity index (χ0v) is 8.00. The van der Waals surface area contributed by atoms with E-state index in [0.29, 0.717) is 0 Å². The molecule has 0 aliphatic rings. The summed E-state index contributed by atoms with van der Waals surface area (Å²) in [5.41, 5.74) is 0. The third-order valence-electron chi connectivity index (χ3n) is 1.58. The molecule has 0 saturated carbocycles. The van der Waals surface area contributed by atoms with Crippen molar-refractivity contribution in [3.05, 3.63) is 0 Å². The van der Waals surface area contributed by atoms with Gasteiger partial charge in [-0.25, -0.2) is 0 Å². The van der Waals surface area contributed by atoms with Crippen molar-refractivity contribution in [1.29, 1.82) is 0 Å². The molecule has 0 unspecified atom stereocenters. The van der Waals surface area contributed by atoms with Gasteiger partial charge in [0.1, 0.15) is 0 Å². The Bertz CT molecular complexity index is 97.4. The van der Waals surface area contributed by atoms with Crippen LogP contribution in [0.3, 0.4) is 0 Å². The SMILES string of the molecule is CCCC(=S)N(CC)CC. The summed E-state index contributed by atoms with van der Waals surface area (Å²) in [6, 6.07) is 0. The molecule has 0 fully saturated rings. The van der Waals surface area contributed by atoms with Gasteiger partial charge in [-0.2, -0.15) is 0 Å². The predicted molar refractivity (Wildman–Crippen MR) is 50.4 cm³/mol. The van der Waals surface area contributed by atoms with Crippen LogP contribution in [0.15, 0.2) is 0 Å². The van der Waals surface area contributed by atoms with Gasteiger partial charge in [-0.05, 0) is 26.7 Å². The van der Waals surface area contributed by atoms with Gasteiger partial charge in [-0.15, -0.1) is 0 Å². The van der Waals surface area contributed by atoms with Gasteiger partial charge < -0.3 is 4.90 Å². The van der Waals surface area contributed by atoms with E-state index < -0.39 is 0 Å². The quantitative estimate of drug-likeness (QED) is 0.580. The van der Waals surface area contributed by atoms with Crippen molar-refractivity contribution in [3.8, 4) is 0 Å². The Morgan fingerprint density at radius 2 is 1.70 bits per heavy atom. The largest absolute Gasteiger partial charge is 0.367 e. The van der Waals surface area contributed by atoms with Crippen LogP contribution < -0.4 is 0 Å². The van der Waals surface area contributed by atoms with Crippen molar-refractivity contribution in [1.82, 2.24) is 4.90 Å². The Balaban J connectivity index is 3.65. The molecule has 0 aromatic carbocycles. The maximum atomic E-state index is 5.20. The summed E-state index contributed by atoms with van der Waals surface area (Å²) >= 11 is 5.20. The van der Waals surface area contributed by atoms with Crippen molar-refractivity contribution >= 4 is 17.2 Å². The minimum Gasteiger partial charge on any atom is -0.367 e. The predicted octanol–water partition coefficient (Wildman–Crippen LogP) is 2.46. The highest BCUT2D eigenvalue weighted by atomic mass is 32.1. The summed E-state index contributed by atoms with van der Waals surface area (Å²) in [6.45, 7) is 8.55. The van der Waals surface area contributed by atoms with Crippen molar-refractivity contribution in [2.45, 2.75) is 33.6 Å². The molecule has 0 atom stereocenters. The molecule has 2 heteroatoms. The highest BCUT2D eigenvalue weighted by molar-refractivity contribution is 7.80. The molecule has 0 aliphatic heterocycles. The standard InChI is InChI=1S/C8H17NS/c1-4-7-8(10)9(5-2)6-3/h4-7H2,1-3H3. The summed E-state index contributed by atoms with van der Waals surface area (Å²) in [5.74, 6) is 0. The van der Waals surface area contributed by atoms with Gasteiger partial charge in [0.25, 0.3) is 0 Å². The lowest BCUT2D eigenvalue weighted by atomic mass is 10.3. The van der Waals surface area contributed by atoms with Gasteiger partial charge in [0, 0.05) is 13.1 Å². The van der Waals surface area contributed by atoms with E-state index in [4.69, 9.17) is 12.2 Å². The molecule has 0 rings (SSSR count). The number of thiocarbonyl (C=S) groups is 1. The molecule has 0 N–H and O–H groups in total. The Hall–Kier alpha value is -0.110. The van der Waals surface area contributed by atoms with E-state index in [1.807, 2.05) is 0 Å². The maximum absolute atomic E-state index is 5.20. The topological polar surface area (TPSA) is 3.24 Å². The molecule has 0 amide bonds. The first-order valence-corrected chi connectivity index (χ1v) is 4.44. The molecule has 0 bridgehead atoms. The monoisotopic (exact) mass is 159 g/mol. The Labute approximate surface area is 69.4 Å². The van der Waals surface area contributed by atoms with Crippen LogP contribution in [-0.4, -0.2) is 23.0 Å². The molecule has 0 spiro atoms. The van der Waals surface area contributed by atoms with Crippen LogP contribution >= 0.6 is 12.2 Å². The van der Waals surface area contributed by atoms with E-state index in [1.54, 1.807) is 0 Å². The van der Waals surface area contributed by atoms with Gasteiger partial charge >= 0.3 is 0 Å². The van der Waals surface area contributed by atoms with Crippen LogP contribution in [0.4, 0.5) is 0 Å².